The predicted molar refractivity (Wildman–Crippen MR) is 94.2 cm³/mol. The van der Waals surface area contributed by atoms with Crippen molar-refractivity contribution >= 4 is 29.3 Å². The Bertz CT molecular complexity index is 637. The van der Waals surface area contributed by atoms with E-state index in [2.05, 4.69) is 6.92 Å². The van der Waals surface area contributed by atoms with Crippen LogP contribution in [0.15, 0.2) is 60.7 Å². The number of para-hydroxylation sites is 1. The van der Waals surface area contributed by atoms with Gasteiger partial charge >= 0.3 is 0 Å². The van der Waals surface area contributed by atoms with E-state index in [9.17, 15) is 4.79 Å². The minimum atomic E-state index is -0.0282. The van der Waals surface area contributed by atoms with E-state index in [1.807, 2.05) is 54.6 Å². The van der Waals surface area contributed by atoms with Crippen molar-refractivity contribution in [2.45, 2.75) is 19.8 Å². The lowest BCUT2D eigenvalue weighted by Crippen LogP contribution is -2.30. The van der Waals surface area contributed by atoms with E-state index in [-0.39, 0.29) is 5.91 Å². The quantitative estimate of drug-likeness (QED) is 0.672. The Morgan fingerprint density at radius 2 is 1.77 bits per heavy atom. The average Bonchev–Trinajstić information content (AvgIpc) is 2.55. The van der Waals surface area contributed by atoms with Crippen molar-refractivity contribution in [3.8, 4) is 0 Å². The molecule has 2 aromatic rings. The Hall–Kier alpha value is -2.06. The average molecular weight is 314 g/mol. The molecular formula is C19H20ClNO. The number of hydrogen-bond donors (Lipinski definition) is 0. The molecule has 114 valence electrons. The third-order valence-corrected chi connectivity index (χ3v) is 3.72. The normalized spacial score (nSPS) is 10.8. The molecule has 0 fully saturated rings. The maximum atomic E-state index is 12.5. The van der Waals surface area contributed by atoms with Gasteiger partial charge in [0.25, 0.3) is 5.91 Å². The van der Waals surface area contributed by atoms with Gasteiger partial charge in [0.1, 0.15) is 0 Å². The molecule has 0 aromatic heterocycles. The first-order chi connectivity index (χ1) is 10.7. The minimum absolute atomic E-state index is 0.0282. The molecular weight excluding hydrogens is 294 g/mol. The molecule has 0 bridgehead atoms. The number of halogens is 1. The molecule has 0 radical (unpaired) electrons. The molecule has 0 N–H and O–H groups in total. The van der Waals surface area contributed by atoms with Crippen molar-refractivity contribution in [2.75, 3.05) is 11.4 Å². The number of anilines is 1. The number of hydrogen-bond acceptors (Lipinski definition) is 1. The predicted octanol–water partition coefficient (Wildman–Crippen LogP) is 5.19. The first-order valence-electron chi connectivity index (χ1n) is 7.51. The Morgan fingerprint density at radius 3 is 2.45 bits per heavy atom. The van der Waals surface area contributed by atoms with Crippen molar-refractivity contribution in [2.24, 2.45) is 0 Å². The molecule has 0 aliphatic rings. The van der Waals surface area contributed by atoms with E-state index in [1.165, 1.54) is 0 Å². The summed E-state index contributed by atoms with van der Waals surface area (Å²) in [7, 11) is 0. The number of unbranched alkanes of at least 4 members (excludes halogenated alkanes) is 1. The van der Waals surface area contributed by atoms with Crippen LogP contribution in [-0.4, -0.2) is 12.5 Å². The minimum Gasteiger partial charge on any atom is -0.309 e. The summed E-state index contributed by atoms with van der Waals surface area (Å²) in [6, 6.07) is 17.2. The summed E-state index contributed by atoms with van der Waals surface area (Å²) in [4.78, 5) is 14.3. The van der Waals surface area contributed by atoms with Crippen LogP contribution in [-0.2, 0) is 4.79 Å². The van der Waals surface area contributed by atoms with Gasteiger partial charge < -0.3 is 4.90 Å². The van der Waals surface area contributed by atoms with Crippen LogP contribution in [0.25, 0.3) is 6.08 Å². The molecule has 3 heteroatoms. The first kappa shape index (κ1) is 16.3. The number of amides is 1. The number of rotatable bonds is 6. The summed E-state index contributed by atoms with van der Waals surface area (Å²) < 4.78 is 0. The zero-order chi connectivity index (χ0) is 15.8. The molecule has 2 rings (SSSR count). The Kier molecular flexibility index (Phi) is 6.23. The number of carbonyl (C=O) groups excluding carboxylic acids is 1. The fraction of sp³-hybridized carbons (Fsp3) is 0.211. The van der Waals surface area contributed by atoms with Gasteiger partial charge in [0.05, 0.1) is 0 Å². The smallest absolute Gasteiger partial charge is 0.250 e. The van der Waals surface area contributed by atoms with Gasteiger partial charge in [0.2, 0.25) is 0 Å². The van der Waals surface area contributed by atoms with Crippen molar-refractivity contribution in [3.05, 3.63) is 71.3 Å². The van der Waals surface area contributed by atoms with E-state index in [0.29, 0.717) is 11.6 Å². The van der Waals surface area contributed by atoms with E-state index in [4.69, 9.17) is 11.6 Å². The number of carbonyl (C=O) groups is 1. The van der Waals surface area contributed by atoms with Crippen molar-refractivity contribution < 1.29 is 4.79 Å². The van der Waals surface area contributed by atoms with Crippen LogP contribution in [0.2, 0.25) is 5.02 Å². The Morgan fingerprint density at radius 1 is 1.09 bits per heavy atom. The summed E-state index contributed by atoms with van der Waals surface area (Å²) in [6.07, 6.45) is 5.38. The van der Waals surface area contributed by atoms with Crippen LogP contribution in [0.5, 0.6) is 0 Å². The molecule has 2 nitrogen and oxygen atoms in total. The zero-order valence-electron chi connectivity index (χ0n) is 12.7. The lowest BCUT2D eigenvalue weighted by molar-refractivity contribution is -0.114. The first-order valence-corrected chi connectivity index (χ1v) is 7.89. The third kappa shape index (κ3) is 4.47. The van der Waals surface area contributed by atoms with Crippen molar-refractivity contribution in [1.82, 2.24) is 0 Å². The molecule has 0 aliphatic heterocycles. The highest BCUT2D eigenvalue weighted by atomic mass is 35.5. The Labute approximate surface area is 137 Å². The molecule has 0 heterocycles. The molecule has 0 unspecified atom stereocenters. The van der Waals surface area contributed by atoms with E-state index < -0.39 is 0 Å². The van der Waals surface area contributed by atoms with Crippen LogP contribution in [0.3, 0.4) is 0 Å². The second-order valence-corrected chi connectivity index (χ2v) is 5.44. The zero-order valence-corrected chi connectivity index (χ0v) is 13.5. The van der Waals surface area contributed by atoms with Crippen molar-refractivity contribution in [3.63, 3.8) is 0 Å². The fourth-order valence-electron chi connectivity index (χ4n) is 2.15. The van der Waals surface area contributed by atoms with Gasteiger partial charge in [-0.2, -0.15) is 0 Å². The molecule has 0 saturated heterocycles. The van der Waals surface area contributed by atoms with Crippen LogP contribution in [0.1, 0.15) is 25.3 Å². The van der Waals surface area contributed by atoms with E-state index >= 15 is 0 Å². The molecule has 0 saturated carbocycles. The van der Waals surface area contributed by atoms with Gasteiger partial charge in [-0.1, -0.05) is 61.3 Å². The second kappa shape index (κ2) is 8.40. The largest absolute Gasteiger partial charge is 0.309 e. The molecule has 0 atom stereocenters. The molecule has 0 spiro atoms. The fourth-order valence-corrected chi connectivity index (χ4v) is 2.35. The summed E-state index contributed by atoms with van der Waals surface area (Å²) >= 11 is 6.11. The van der Waals surface area contributed by atoms with Crippen LogP contribution in [0, 0.1) is 0 Å². The summed E-state index contributed by atoms with van der Waals surface area (Å²) in [6.45, 7) is 2.83. The molecule has 0 aliphatic carbocycles. The van der Waals surface area contributed by atoms with Gasteiger partial charge in [-0.15, -0.1) is 0 Å². The SMILES string of the molecule is CCCCN(C(=O)/C=C/c1ccccc1Cl)c1ccccc1. The Balaban J connectivity index is 2.17. The maximum absolute atomic E-state index is 12.5. The molecule has 2 aromatic carbocycles. The number of nitrogens with zero attached hydrogens (tertiary/aromatic N) is 1. The van der Waals surface area contributed by atoms with Gasteiger partial charge in [-0.05, 0) is 36.3 Å². The van der Waals surface area contributed by atoms with E-state index in [1.54, 1.807) is 17.1 Å². The summed E-state index contributed by atoms with van der Waals surface area (Å²) in [5.41, 5.74) is 1.77. The molecule has 1 amide bonds. The summed E-state index contributed by atoms with van der Waals surface area (Å²) in [5, 5.41) is 0.645. The van der Waals surface area contributed by atoms with Crippen LogP contribution in [0.4, 0.5) is 5.69 Å². The summed E-state index contributed by atoms with van der Waals surface area (Å²) in [5.74, 6) is -0.0282. The third-order valence-electron chi connectivity index (χ3n) is 3.38. The highest BCUT2D eigenvalue weighted by Gasteiger charge is 2.12. The lowest BCUT2D eigenvalue weighted by Gasteiger charge is -2.21. The second-order valence-electron chi connectivity index (χ2n) is 5.03. The highest BCUT2D eigenvalue weighted by Crippen LogP contribution is 2.18. The van der Waals surface area contributed by atoms with E-state index in [0.717, 1.165) is 24.1 Å². The molecule has 22 heavy (non-hydrogen) atoms. The van der Waals surface area contributed by atoms with Gasteiger partial charge in [0.15, 0.2) is 0 Å². The number of benzene rings is 2. The topological polar surface area (TPSA) is 20.3 Å². The van der Waals surface area contributed by atoms with Crippen LogP contribution >= 0.6 is 11.6 Å². The van der Waals surface area contributed by atoms with Crippen molar-refractivity contribution in [1.29, 1.82) is 0 Å². The lowest BCUT2D eigenvalue weighted by atomic mass is 10.2. The van der Waals surface area contributed by atoms with Crippen LogP contribution < -0.4 is 4.90 Å². The van der Waals surface area contributed by atoms with Gasteiger partial charge in [-0.3, -0.25) is 4.79 Å². The maximum Gasteiger partial charge on any atom is 0.250 e. The monoisotopic (exact) mass is 313 g/mol. The standard InChI is InChI=1S/C19H20ClNO/c1-2-3-15-21(17-10-5-4-6-11-17)19(22)14-13-16-9-7-8-12-18(16)20/h4-14H,2-3,15H2,1H3/b14-13+. The van der Waals surface area contributed by atoms with Gasteiger partial charge in [-0.25, -0.2) is 0 Å². The van der Waals surface area contributed by atoms with Gasteiger partial charge in [0, 0.05) is 23.3 Å². The highest BCUT2D eigenvalue weighted by molar-refractivity contribution is 6.32.